The Hall–Kier alpha value is -0.530. The Bertz CT molecular complexity index is 456. The summed E-state index contributed by atoms with van der Waals surface area (Å²) < 4.78 is 0.748. The van der Waals surface area contributed by atoms with Gasteiger partial charge in [0.2, 0.25) is 0 Å². The summed E-state index contributed by atoms with van der Waals surface area (Å²) in [5.41, 5.74) is -0.00809. The lowest BCUT2D eigenvalue weighted by atomic mass is 9.98. The first-order valence-corrected chi connectivity index (χ1v) is 7.75. The van der Waals surface area contributed by atoms with Crippen molar-refractivity contribution < 1.29 is 14.7 Å². The van der Waals surface area contributed by atoms with Crippen LogP contribution in [0.4, 0.5) is 0 Å². The lowest BCUT2D eigenvalue weighted by Crippen LogP contribution is -2.59. The molecule has 0 unspecified atom stereocenters. The highest BCUT2D eigenvalue weighted by atomic mass is 79.9. The van der Waals surface area contributed by atoms with Gasteiger partial charge in [-0.05, 0) is 15.9 Å². The van der Waals surface area contributed by atoms with E-state index in [-0.39, 0.29) is 12.3 Å². The van der Waals surface area contributed by atoms with Gasteiger partial charge in [0.05, 0.1) is 17.5 Å². The number of hydrogen-bond acceptors (Lipinski definition) is 4. The SMILES string of the molecule is O=C(O)CC1(NC(=O)c2cscc2Br)CSC1. The summed E-state index contributed by atoms with van der Waals surface area (Å²) >= 11 is 6.37. The first-order valence-electron chi connectivity index (χ1n) is 4.86. The van der Waals surface area contributed by atoms with Gasteiger partial charge in [0.25, 0.3) is 5.91 Å². The summed E-state index contributed by atoms with van der Waals surface area (Å²) in [5.74, 6) is 0.231. The van der Waals surface area contributed by atoms with Gasteiger partial charge in [0.1, 0.15) is 0 Å². The Labute approximate surface area is 115 Å². The van der Waals surface area contributed by atoms with Crippen LogP contribution in [0, 0.1) is 0 Å². The molecule has 0 spiro atoms. The van der Waals surface area contributed by atoms with E-state index in [4.69, 9.17) is 5.11 Å². The molecule has 1 aliphatic heterocycles. The van der Waals surface area contributed by atoms with E-state index in [0.717, 1.165) is 4.47 Å². The van der Waals surface area contributed by atoms with Crippen LogP contribution in [-0.2, 0) is 4.79 Å². The number of carboxylic acids is 1. The highest BCUT2D eigenvalue weighted by Crippen LogP contribution is 2.33. The van der Waals surface area contributed by atoms with E-state index in [1.807, 2.05) is 5.38 Å². The standard InChI is InChI=1S/C10H10BrNO3S2/c11-7-3-16-2-6(7)9(15)12-10(1-8(13)14)4-17-5-10/h2-3H,1,4-5H2,(H,12,15)(H,13,14). The van der Waals surface area contributed by atoms with E-state index in [1.165, 1.54) is 11.3 Å². The molecular weight excluding hydrogens is 326 g/mol. The molecule has 1 aromatic rings. The van der Waals surface area contributed by atoms with Gasteiger partial charge < -0.3 is 10.4 Å². The molecule has 0 aliphatic carbocycles. The first-order chi connectivity index (χ1) is 8.02. The number of thiophene rings is 1. The molecule has 2 heterocycles. The molecule has 2 rings (SSSR count). The van der Waals surface area contributed by atoms with Gasteiger partial charge in [-0.2, -0.15) is 23.1 Å². The lowest BCUT2D eigenvalue weighted by molar-refractivity contribution is -0.138. The molecule has 1 amide bonds. The van der Waals surface area contributed by atoms with Crippen molar-refractivity contribution in [3.8, 4) is 0 Å². The lowest BCUT2D eigenvalue weighted by Gasteiger charge is -2.40. The average Bonchev–Trinajstić information content (AvgIpc) is 2.60. The van der Waals surface area contributed by atoms with Gasteiger partial charge >= 0.3 is 5.97 Å². The highest BCUT2D eigenvalue weighted by molar-refractivity contribution is 9.10. The maximum Gasteiger partial charge on any atom is 0.305 e. The molecule has 1 fully saturated rings. The fraction of sp³-hybridized carbons (Fsp3) is 0.400. The Balaban J connectivity index is 2.07. The van der Waals surface area contributed by atoms with E-state index in [2.05, 4.69) is 21.2 Å². The van der Waals surface area contributed by atoms with E-state index in [0.29, 0.717) is 17.1 Å². The predicted octanol–water partition coefficient (Wildman–Crippen LogP) is 2.20. The average molecular weight is 336 g/mol. The minimum absolute atomic E-state index is 0.0203. The van der Waals surface area contributed by atoms with Crippen LogP contribution in [0.15, 0.2) is 15.2 Å². The molecule has 17 heavy (non-hydrogen) atoms. The molecule has 92 valence electrons. The Morgan fingerprint density at radius 2 is 2.18 bits per heavy atom. The maximum absolute atomic E-state index is 12.0. The van der Waals surface area contributed by atoms with E-state index in [1.54, 1.807) is 17.1 Å². The van der Waals surface area contributed by atoms with Gasteiger partial charge in [-0.25, -0.2) is 0 Å². The molecule has 0 atom stereocenters. The Kier molecular flexibility index (Phi) is 3.79. The van der Waals surface area contributed by atoms with E-state index < -0.39 is 11.5 Å². The summed E-state index contributed by atoms with van der Waals surface area (Å²) in [6.45, 7) is 0. The van der Waals surface area contributed by atoms with Crippen molar-refractivity contribution in [2.75, 3.05) is 11.5 Å². The molecule has 0 aromatic carbocycles. The van der Waals surface area contributed by atoms with Crippen LogP contribution in [0.1, 0.15) is 16.8 Å². The number of carboxylic acid groups (broad SMARTS) is 1. The zero-order valence-corrected chi connectivity index (χ0v) is 12.0. The highest BCUT2D eigenvalue weighted by Gasteiger charge is 2.41. The minimum atomic E-state index is -0.880. The van der Waals surface area contributed by atoms with Crippen LogP contribution < -0.4 is 5.32 Å². The fourth-order valence-electron chi connectivity index (χ4n) is 1.61. The van der Waals surface area contributed by atoms with Gasteiger partial charge in [0.15, 0.2) is 0 Å². The summed E-state index contributed by atoms with van der Waals surface area (Å²) in [5, 5.41) is 15.3. The first kappa shape index (κ1) is 12.9. The molecule has 2 N–H and O–H groups in total. The van der Waals surface area contributed by atoms with Gasteiger partial charge in [-0.15, -0.1) is 0 Å². The Morgan fingerprint density at radius 3 is 2.59 bits per heavy atom. The number of aliphatic carboxylic acids is 1. The van der Waals surface area contributed by atoms with Crippen LogP contribution in [0.3, 0.4) is 0 Å². The molecule has 1 aromatic heterocycles. The molecule has 0 bridgehead atoms. The second-order valence-corrected chi connectivity index (χ2v) is 6.51. The van der Waals surface area contributed by atoms with Crippen molar-refractivity contribution in [1.82, 2.24) is 5.32 Å². The van der Waals surface area contributed by atoms with E-state index in [9.17, 15) is 9.59 Å². The number of carbonyl (C=O) groups excluding carboxylic acids is 1. The van der Waals surface area contributed by atoms with Crippen LogP contribution in [0.5, 0.6) is 0 Å². The zero-order chi connectivity index (χ0) is 12.5. The summed E-state index contributed by atoms with van der Waals surface area (Å²) in [7, 11) is 0. The molecule has 1 aliphatic rings. The smallest absolute Gasteiger partial charge is 0.305 e. The quantitative estimate of drug-likeness (QED) is 0.885. The van der Waals surface area contributed by atoms with Gasteiger partial charge in [0, 0.05) is 26.7 Å². The van der Waals surface area contributed by atoms with Crippen LogP contribution in [-0.4, -0.2) is 34.0 Å². The summed E-state index contributed by atoms with van der Waals surface area (Å²) in [6.07, 6.45) is -0.0203. The van der Waals surface area contributed by atoms with Crippen molar-refractivity contribution in [1.29, 1.82) is 0 Å². The number of halogens is 1. The molecule has 0 radical (unpaired) electrons. The van der Waals surface area contributed by atoms with Crippen molar-refractivity contribution in [3.05, 3.63) is 20.8 Å². The minimum Gasteiger partial charge on any atom is -0.481 e. The molecule has 1 saturated heterocycles. The number of carbonyl (C=O) groups is 2. The number of nitrogens with one attached hydrogen (secondary N) is 1. The van der Waals surface area contributed by atoms with Crippen LogP contribution >= 0.6 is 39.0 Å². The van der Waals surface area contributed by atoms with Gasteiger partial charge in [-0.1, -0.05) is 0 Å². The molecule has 4 nitrogen and oxygen atoms in total. The van der Waals surface area contributed by atoms with Crippen molar-refractivity contribution >= 4 is 50.9 Å². The predicted molar refractivity (Wildman–Crippen MR) is 71.8 cm³/mol. The Morgan fingerprint density at radius 1 is 1.47 bits per heavy atom. The number of thioether (sulfide) groups is 1. The number of hydrogen-bond donors (Lipinski definition) is 2. The topological polar surface area (TPSA) is 66.4 Å². The normalized spacial score (nSPS) is 17.2. The van der Waals surface area contributed by atoms with E-state index >= 15 is 0 Å². The maximum atomic E-state index is 12.0. The van der Waals surface area contributed by atoms with Crippen LogP contribution in [0.2, 0.25) is 0 Å². The fourth-order valence-corrected chi connectivity index (χ4v) is 4.11. The van der Waals surface area contributed by atoms with Crippen molar-refractivity contribution in [3.63, 3.8) is 0 Å². The van der Waals surface area contributed by atoms with Crippen molar-refractivity contribution in [2.45, 2.75) is 12.0 Å². The summed E-state index contributed by atoms with van der Waals surface area (Å²) in [6, 6.07) is 0. The third-order valence-corrected chi connectivity index (χ3v) is 5.70. The molecular formula is C10H10BrNO3S2. The largest absolute Gasteiger partial charge is 0.481 e. The second-order valence-electron chi connectivity index (χ2n) is 3.93. The number of amides is 1. The monoisotopic (exact) mass is 335 g/mol. The van der Waals surface area contributed by atoms with Gasteiger partial charge in [-0.3, -0.25) is 9.59 Å². The summed E-state index contributed by atoms with van der Waals surface area (Å²) in [4.78, 5) is 22.8. The second kappa shape index (κ2) is 4.99. The van der Waals surface area contributed by atoms with Crippen LogP contribution in [0.25, 0.3) is 0 Å². The third-order valence-electron chi connectivity index (χ3n) is 2.48. The zero-order valence-electron chi connectivity index (χ0n) is 8.73. The number of rotatable bonds is 4. The molecule has 0 saturated carbocycles. The third kappa shape index (κ3) is 2.83. The van der Waals surface area contributed by atoms with Crippen molar-refractivity contribution in [2.24, 2.45) is 0 Å². The molecule has 7 heteroatoms.